The van der Waals surface area contributed by atoms with Crippen LogP contribution in [-0.2, 0) is 9.53 Å². The zero-order chi connectivity index (χ0) is 20.8. The molecule has 0 radical (unpaired) electrons. The number of hydrogen-bond acceptors (Lipinski definition) is 3. The van der Waals surface area contributed by atoms with Crippen molar-refractivity contribution in [2.75, 3.05) is 13.2 Å². The van der Waals surface area contributed by atoms with Gasteiger partial charge in [0.25, 0.3) is 0 Å². The Labute approximate surface area is 172 Å². The number of aliphatic carboxylic acids is 1. The lowest BCUT2D eigenvalue weighted by Gasteiger charge is -2.16. The zero-order valence-electron chi connectivity index (χ0n) is 17.1. The van der Waals surface area contributed by atoms with E-state index in [1.54, 1.807) is 0 Å². The van der Waals surface area contributed by atoms with Crippen molar-refractivity contribution >= 4 is 12.1 Å². The maximum atomic E-state index is 12.1. The van der Waals surface area contributed by atoms with Crippen LogP contribution in [-0.4, -0.2) is 30.3 Å². The third-order valence-corrected chi connectivity index (χ3v) is 5.45. The molecule has 1 aliphatic carbocycles. The molecule has 1 atom stereocenters. The van der Waals surface area contributed by atoms with Crippen molar-refractivity contribution in [3.63, 3.8) is 0 Å². The number of hydrogen-bond donors (Lipinski definition) is 2. The van der Waals surface area contributed by atoms with Gasteiger partial charge in [0.05, 0.1) is 5.92 Å². The smallest absolute Gasteiger partial charge is 0.407 e. The summed E-state index contributed by atoms with van der Waals surface area (Å²) in [6.45, 7) is 4.74. The van der Waals surface area contributed by atoms with Crippen LogP contribution >= 0.6 is 0 Å². The Hall–Kier alpha value is -2.82. The van der Waals surface area contributed by atoms with Crippen LogP contribution in [0.25, 0.3) is 11.1 Å². The van der Waals surface area contributed by atoms with E-state index in [4.69, 9.17) is 4.74 Å². The Morgan fingerprint density at radius 1 is 1.03 bits per heavy atom. The largest absolute Gasteiger partial charge is 0.481 e. The average Bonchev–Trinajstić information content (AvgIpc) is 3.02. The van der Waals surface area contributed by atoms with Gasteiger partial charge in [0.1, 0.15) is 6.61 Å². The second kappa shape index (κ2) is 9.59. The van der Waals surface area contributed by atoms with Gasteiger partial charge in [0.2, 0.25) is 0 Å². The molecule has 2 aromatic carbocycles. The first kappa shape index (κ1) is 20.9. The molecule has 2 N–H and O–H groups in total. The minimum atomic E-state index is -0.764. The molecule has 1 amide bonds. The highest BCUT2D eigenvalue weighted by Gasteiger charge is 2.29. The van der Waals surface area contributed by atoms with Gasteiger partial charge in [-0.15, -0.1) is 0 Å². The number of carbonyl (C=O) groups excluding carboxylic acids is 1. The molecule has 154 valence electrons. The number of amides is 1. The van der Waals surface area contributed by atoms with Crippen LogP contribution in [0.4, 0.5) is 4.79 Å². The van der Waals surface area contributed by atoms with E-state index in [2.05, 4.69) is 29.6 Å². The number of ether oxygens (including phenoxy) is 1. The highest BCUT2D eigenvalue weighted by Crippen LogP contribution is 2.44. The lowest BCUT2D eigenvalue weighted by atomic mass is 9.93. The number of nitrogens with one attached hydrogen (secondary N) is 1. The van der Waals surface area contributed by atoms with Crippen molar-refractivity contribution in [3.05, 3.63) is 59.7 Å². The van der Waals surface area contributed by atoms with E-state index < -0.39 is 12.1 Å². The van der Waals surface area contributed by atoms with Crippen molar-refractivity contribution in [2.24, 2.45) is 11.8 Å². The van der Waals surface area contributed by atoms with E-state index in [0.29, 0.717) is 31.7 Å². The van der Waals surface area contributed by atoms with Crippen LogP contribution in [0.5, 0.6) is 0 Å². The normalized spacial score (nSPS) is 13.6. The van der Waals surface area contributed by atoms with Crippen molar-refractivity contribution < 1.29 is 19.4 Å². The van der Waals surface area contributed by atoms with E-state index in [0.717, 1.165) is 0 Å². The molecule has 2 aromatic rings. The number of carbonyl (C=O) groups is 2. The van der Waals surface area contributed by atoms with Gasteiger partial charge in [-0.25, -0.2) is 4.79 Å². The molecule has 0 fully saturated rings. The van der Waals surface area contributed by atoms with E-state index in [1.165, 1.54) is 22.3 Å². The molecular weight excluding hydrogens is 366 g/mol. The van der Waals surface area contributed by atoms with Crippen LogP contribution in [0, 0.1) is 11.8 Å². The molecule has 5 nitrogen and oxygen atoms in total. The lowest BCUT2D eigenvalue weighted by Crippen LogP contribution is -2.28. The summed E-state index contributed by atoms with van der Waals surface area (Å²) in [5.74, 6) is -0.749. The number of carboxylic acids is 1. The maximum absolute atomic E-state index is 12.1. The first-order chi connectivity index (χ1) is 14.0. The molecule has 5 heteroatoms. The second-order valence-electron chi connectivity index (χ2n) is 8.06. The molecule has 1 unspecified atom stereocenters. The van der Waals surface area contributed by atoms with Gasteiger partial charge in [-0.2, -0.15) is 0 Å². The van der Waals surface area contributed by atoms with Crippen molar-refractivity contribution in [1.29, 1.82) is 0 Å². The first-order valence-electron chi connectivity index (χ1n) is 10.3. The van der Waals surface area contributed by atoms with Gasteiger partial charge < -0.3 is 15.2 Å². The Bertz CT molecular complexity index is 816. The summed E-state index contributed by atoms with van der Waals surface area (Å²) in [6.07, 6.45) is 1.37. The van der Waals surface area contributed by atoms with Gasteiger partial charge in [-0.1, -0.05) is 62.4 Å². The van der Waals surface area contributed by atoms with Crippen molar-refractivity contribution in [1.82, 2.24) is 5.32 Å². The molecule has 0 aromatic heterocycles. The third kappa shape index (κ3) is 5.17. The highest BCUT2D eigenvalue weighted by atomic mass is 16.5. The first-order valence-corrected chi connectivity index (χ1v) is 10.3. The fourth-order valence-electron chi connectivity index (χ4n) is 4.10. The van der Waals surface area contributed by atoms with E-state index in [-0.39, 0.29) is 18.4 Å². The van der Waals surface area contributed by atoms with Crippen molar-refractivity contribution in [2.45, 2.75) is 39.0 Å². The molecule has 3 rings (SSSR count). The Balaban J connectivity index is 1.48. The second-order valence-corrected chi connectivity index (χ2v) is 8.06. The summed E-state index contributed by atoms with van der Waals surface area (Å²) in [4.78, 5) is 23.4. The number of fused-ring (bicyclic) bond motifs is 3. The number of alkyl carbamates (subject to hydrolysis) is 1. The van der Waals surface area contributed by atoms with Gasteiger partial charge in [-0.05, 0) is 47.4 Å². The number of benzene rings is 2. The summed E-state index contributed by atoms with van der Waals surface area (Å²) in [5.41, 5.74) is 4.75. The fraction of sp³-hybridized carbons (Fsp3) is 0.417. The molecule has 0 spiro atoms. The maximum Gasteiger partial charge on any atom is 0.407 e. The van der Waals surface area contributed by atoms with Crippen molar-refractivity contribution in [3.8, 4) is 11.1 Å². The quantitative estimate of drug-likeness (QED) is 0.583. The van der Waals surface area contributed by atoms with E-state index >= 15 is 0 Å². The van der Waals surface area contributed by atoms with Crippen LogP contribution < -0.4 is 5.32 Å². The molecule has 29 heavy (non-hydrogen) atoms. The van der Waals surface area contributed by atoms with Crippen LogP contribution in [0.1, 0.15) is 50.2 Å². The highest BCUT2D eigenvalue weighted by molar-refractivity contribution is 5.79. The Morgan fingerprint density at radius 2 is 1.62 bits per heavy atom. The predicted octanol–water partition coefficient (Wildman–Crippen LogP) is 5.05. The number of carboxylic acid groups (broad SMARTS) is 1. The van der Waals surface area contributed by atoms with Gasteiger partial charge >= 0.3 is 12.1 Å². The Morgan fingerprint density at radius 3 is 2.17 bits per heavy atom. The summed E-state index contributed by atoms with van der Waals surface area (Å²) in [7, 11) is 0. The molecule has 0 bridgehead atoms. The standard InChI is InChI=1S/C24H29NO4/c1-16(2)14-17(23(26)27)8-7-13-25-24(28)29-15-22-20-11-5-3-9-18(20)19-10-4-6-12-21(19)22/h3-6,9-12,16-17,22H,7-8,13-15H2,1-2H3,(H,25,28)(H,26,27). The molecule has 0 heterocycles. The summed E-state index contributed by atoms with van der Waals surface area (Å²) >= 11 is 0. The molecule has 0 aliphatic heterocycles. The lowest BCUT2D eigenvalue weighted by molar-refractivity contribution is -0.142. The topological polar surface area (TPSA) is 75.6 Å². The van der Waals surface area contributed by atoms with E-state index in [1.807, 2.05) is 38.1 Å². The SMILES string of the molecule is CC(C)CC(CCCNC(=O)OCC1c2ccccc2-c2ccccc21)C(=O)O. The van der Waals surface area contributed by atoms with Crippen LogP contribution in [0.3, 0.4) is 0 Å². The molecule has 0 saturated carbocycles. The third-order valence-electron chi connectivity index (χ3n) is 5.45. The monoisotopic (exact) mass is 395 g/mol. The predicted molar refractivity (Wildman–Crippen MR) is 113 cm³/mol. The molecular formula is C24H29NO4. The van der Waals surface area contributed by atoms with Gasteiger partial charge in [0.15, 0.2) is 0 Å². The summed E-state index contributed by atoms with van der Waals surface area (Å²) in [6, 6.07) is 16.4. The fourth-order valence-corrected chi connectivity index (χ4v) is 4.10. The van der Waals surface area contributed by atoms with Gasteiger partial charge in [-0.3, -0.25) is 4.79 Å². The van der Waals surface area contributed by atoms with E-state index in [9.17, 15) is 14.7 Å². The minimum Gasteiger partial charge on any atom is -0.481 e. The zero-order valence-corrected chi connectivity index (χ0v) is 17.1. The van der Waals surface area contributed by atoms with Crippen LogP contribution in [0.2, 0.25) is 0 Å². The minimum absolute atomic E-state index is 0.0376. The molecule has 1 aliphatic rings. The summed E-state index contributed by atoms with van der Waals surface area (Å²) in [5, 5.41) is 12.0. The average molecular weight is 395 g/mol. The number of rotatable bonds is 9. The van der Waals surface area contributed by atoms with Crippen LogP contribution in [0.15, 0.2) is 48.5 Å². The van der Waals surface area contributed by atoms with Gasteiger partial charge in [0, 0.05) is 12.5 Å². The Kier molecular flexibility index (Phi) is 6.91. The summed E-state index contributed by atoms with van der Waals surface area (Å²) < 4.78 is 5.49. The molecule has 0 saturated heterocycles.